The van der Waals surface area contributed by atoms with E-state index < -0.39 is 16.1 Å². The van der Waals surface area contributed by atoms with Gasteiger partial charge in [-0.2, -0.15) is 0 Å². The van der Waals surface area contributed by atoms with Crippen LogP contribution in [0.25, 0.3) is 0 Å². The summed E-state index contributed by atoms with van der Waals surface area (Å²) in [7, 11) is -3.73. The quantitative estimate of drug-likeness (QED) is 0.604. The van der Waals surface area contributed by atoms with Gasteiger partial charge >= 0.3 is 0 Å². The van der Waals surface area contributed by atoms with Crippen molar-refractivity contribution in [2.45, 2.75) is 52.5 Å². The number of hydrogen-bond acceptors (Lipinski definition) is 3. The van der Waals surface area contributed by atoms with Crippen LogP contribution >= 0.6 is 23.2 Å². The number of hydrogen-bond donors (Lipinski definition) is 1. The van der Waals surface area contributed by atoms with E-state index in [1.807, 2.05) is 0 Å². The molecule has 0 saturated carbocycles. The highest BCUT2D eigenvalue weighted by molar-refractivity contribution is 7.92. The fourth-order valence-corrected chi connectivity index (χ4v) is 4.38. The SMILES string of the molecule is CCCC[C@@H](CC)CNC(=O)[C@@H](C)N(c1cc(Cl)ccc1Cl)S(C)(=O)=O. The van der Waals surface area contributed by atoms with Crippen molar-refractivity contribution < 1.29 is 13.2 Å². The van der Waals surface area contributed by atoms with Gasteiger partial charge in [-0.15, -0.1) is 0 Å². The molecule has 0 aliphatic rings. The largest absolute Gasteiger partial charge is 0.354 e. The van der Waals surface area contributed by atoms with Crippen LogP contribution in [0.1, 0.15) is 46.5 Å². The monoisotopic (exact) mass is 422 g/mol. The first-order valence-corrected chi connectivity index (χ1v) is 11.4. The maximum Gasteiger partial charge on any atom is 0.243 e. The summed E-state index contributed by atoms with van der Waals surface area (Å²) in [5.41, 5.74) is 0.197. The van der Waals surface area contributed by atoms with Crippen molar-refractivity contribution >= 4 is 44.8 Å². The standard InChI is InChI=1S/C18H28Cl2N2O3S/c1-5-7-8-14(6-2)12-21-18(23)13(3)22(26(4,24)25)17-11-15(19)9-10-16(17)20/h9-11,13-14H,5-8,12H2,1-4H3,(H,21,23)/t13-,14-/m1/s1. The van der Waals surface area contributed by atoms with Crippen molar-refractivity contribution in [3.63, 3.8) is 0 Å². The van der Waals surface area contributed by atoms with Crippen molar-refractivity contribution in [2.24, 2.45) is 5.92 Å². The fourth-order valence-electron chi connectivity index (χ4n) is 2.77. The molecule has 0 bridgehead atoms. The lowest BCUT2D eigenvalue weighted by Gasteiger charge is -2.29. The number of amides is 1. The van der Waals surface area contributed by atoms with Gasteiger partial charge in [0.1, 0.15) is 6.04 Å². The number of benzene rings is 1. The van der Waals surface area contributed by atoms with E-state index in [2.05, 4.69) is 19.2 Å². The molecule has 1 amide bonds. The Hall–Kier alpha value is -0.980. The zero-order valence-electron chi connectivity index (χ0n) is 15.8. The number of rotatable bonds is 10. The van der Waals surface area contributed by atoms with Gasteiger partial charge in [0, 0.05) is 11.6 Å². The topological polar surface area (TPSA) is 66.5 Å². The molecule has 0 aliphatic carbocycles. The summed E-state index contributed by atoms with van der Waals surface area (Å²) in [5, 5.41) is 3.44. The second-order valence-electron chi connectivity index (χ2n) is 6.49. The Bertz CT molecular complexity index is 710. The normalized spacial score (nSPS) is 13.9. The van der Waals surface area contributed by atoms with Gasteiger partial charge in [0.25, 0.3) is 0 Å². The van der Waals surface area contributed by atoms with Gasteiger partial charge in [-0.25, -0.2) is 8.42 Å². The highest BCUT2D eigenvalue weighted by atomic mass is 35.5. The molecule has 0 aromatic heterocycles. The molecular formula is C18H28Cl2N2O3S. The second-order valence-corrected chi connectivity index (χ2v) is 9.20. The van der Waals surface area contributed by atoms with E-state index in [0.29, 0.717) is 17.5 Å². The Balaban J connectivity index is 2.98. The maximum atomic E-state index is 12.6. The zero-order chi connectivity index (χ0) is 19.9. The Morgan fingerprint density at radius 2 is 1.92 bits per heavy atom. The number of anilines is 1. The van der Waals surface area contributed by atoms with Gasteiger partial charge in [-0.05, 0) is 37.5 Å². The van der Waals surface area contributed by atoms with Gasteiger partial charge in [0.05, 0.1) is 17.0 Å². The fraction of sp³-hybridized carbons (Fsp3) is 0.611. The molecule has 0 fully saturated rings. The van der Waals surface area contributed by atoms with Crippen LogP contribution in [0.3, 0.4) is 0 Å². The summed E-state index contributed by atoms with van der Waals surface area (Å²) in [5.74, 6) is 0.0222. The van der Waals surface area contributed by atoms with Crippen molar-refractivity contribution in [1.82, 2.24) is 5.32 Å². The number of carbonyl (C=O) groups is 1. The predicted octanol–water partition coefficient (Wildman–Crippen LogP) is 4.48. The first-order valence-electron chi connectivity index (χ1n) is 8.83. The van der Waals surface area contributed by atoms with Gasteiger partial charge in [-0.1, -0.05) is 56.3 Å². The Kier molecular flexibility index (Phi) is 9.21. The summed E-state index contributed by atoms with van der Waals surface area (Å²) in [4.78, 5) is 12.6. The average Bonchev–Trinajstić information content (AvgIpc) is 2.56. The number of halogens is 2. The van der Waals surface area contributed by atoms with E-state index in [-0.39, 0.29) is 16.6 Å². The lowest BCUT2D eigenvalue weighted by Crippen LogP contribution is -2.48. The van der Waals surface area contributed by atoms with Crippen LogP contribution in [0.2, 0.25) is 10.0 Å². The first kappa shape index (κ1) is 23.1. The van der Waals surface area contributed by atoms with Gasteiger partial charge < -0.3 is 5.32 Å². The van der Waals surface area contributed by atoms with E-state index >= 15 is 0 Å². The number of unbranched alkanes of at least 4 members (excludes halogenated alkanes) is 1. The van der Waals surface area contributed by atoms with Crippen LogP contribution in [0.4, 0.5) is 5.69 Å². The highest BCUT2D eigenvalue weighted by Crippen LogP contribution is 2.32. The summed E-state index contributed by atoms with van der Waals surface area (Å²) >= 11 is 12.1. The Morgan fingerprint density at radius 3 is 2.46 bits per heavy atom. The van der Waals surface area contributed by atoms with Crippen LogP contribution in [0.5, 0.6) is 0 Å². The smallest absolute Gasteiger partial charge is 0.243 e. The van der Waals surface area contributed by atoms with E-state index in [1.54, 1.807) is 13.0 Å². The third kappa shape index (κ3) is 6.63. The van der Waals surface area contributed by atoms with Crippen LogP contribution in [0.15, 0.2) is 18.2 Å². The Labute approximate surface area is 167 Å². The summed E-state index contributed by atoms with van der Waals surface area (Å²) in [6.07, 6.45) is 5.26. The average molecular weight is 423 g/mol. The third-order valence-corrected chi connectivity index (χ3v) is 6.12. The molecule has 0 heterocycles. The van der Waals surface area contributed by atoms with E-state index in [1.165, 1.54) is 12.1 Å². The third-order valence-electron chi connectivity index (χ3n) is 4.34. The summed E-state index contributed by atoms with van der Waals surface area (Å²) < 4.78 is 25.7. The molecule has 0 spiro atoms. The number of nitrogens with zero attached hydrogens (tertiary/aromatic N) is 1. The van der Waals surface area contributed by atoms with E-state index in [9.17, 15) is 13.2 Å². The molecule has 5 nitrogen and oxygen atoms in total. The molecule has 1 N–H and O–H groups in total. The van der Waals surface area contributed by atoms with Crippen LogP contribution in [-0.2, 0) is 14.8 Å². The number of carbonyl (C=O) groups excluding carboxylic acids is 1. The van der Waals surface area contributed by atoms with Gasteiger partial charge in [-0.3, -0.25) is 9.10 Å². The molecule has 8 heteroatoms. The van der Waals surface area contributed by atoms with Crippen molar-refractivity contribution in [2.75, 3.05) is 17.1 Å². The molecule has 1 aromatic rings. The zero-order valence-corrected chi connectivity index (χ0v) is 18.1. The van der Waals surface area contributed by atoms with E-state index in [0.717, 1.165) is 36.2 Å². The maximum absolute atomic E-state index is 12.6. The minimum atomic E-state index is -3.73. The minimum Gasteiger partial charge on any atom is -0.354 e. The minimum absolute atomic E-state index is 0.197. The second kappa shape index (κ2) is 10.4. The molecule has 0 saturated heterocycles. The molecular weight excluding hydrogens is 395 g/mol. The van der Waals surface area contributed by atoms with Crippen molar-refractivity contribution in [1.29, 1.82) is 0 Å². The summed E-state index contributed by atoms with van der Waals surface area (Å²) in [6, 6.07) is 3.59. The van der Waals surface area contributed by atoms with Crippen LogP contribution in [0, 0.1) is 5.92 Å². The Morgan fingerprint density at radius 1 is 1.27 bits per heavy atom. The lowest BCUT2D eigenvalue weighted by atomic mass is 9.99. The number of sulfonamides is 1. The molecule has 26 heavy (non-hydrogen) atoms. The van der Waals surface area contributed by atoms with E-state index in [4.69, 9.17) is 23.2 Å². The molecule has 0 aliphatic heterocycles. The molecule has 0 unspecified atom stereocenters. The molecule has 2 atom stereocenters. The first-order chi connectivity index (χ1) is 12.1. The molecule has 1 rings (SSSR count). The van der Waals surface area contributed by atoms with Crippen LogP contribution in [-0.4, -0.2) is 33.2 Å². The lowest BCUT2D eigenvalue weighted by molar-refractivity contribution is -0.122. The highest BCUT2D eigenvalue weighted by Gasteiger charge is 2.30. The molecule has 0 radical (unpaired) electrons. The number of nitrogens with one attached hydrogen (secondary N) is 1. The van der Waals surface area contributed by atoms with Gasteiger partial charge in [0.2, 0.25) is 15.9 Å². The van der Waals surface area contributed by atoms with Gasteiger partial charge in [0.15, 0.2) is 0 Å². The van der Waals surface area contributed by atoms with Crippen molar-refractivity contribution in [3.05, 3.63) is 28.2 Å². The van der Waals surface area contributed by atoms with Crippen molar-refractivity contribution in [3.8, 4) is 0 Å². The molecule has 148 valence electrons. The predicted molar refractivity (Wildman–Crippen MR) is 110 cm³/mol. The molecule has 1 aromatic carbocycles. The van der Waals surface area contributed by atoms with Crippen LogP contribution < -0.4 is 9.62 Å². The summed E-state index contributed by atoms with van der Waals surface area (Å²) in [6.45, 7) is 6.29.